The van der Waals surface area contributed by atoms with Crippen LogP contribution in [0.25, 0.3) is 0 Å². The fourth-order valence-electron chi connectivity index (χ4n) is 2.65. The van der Waals surface area contributed by atoms with Gasteiger partial charge in [0.05, 0.1) is 16.9 Å². The van der Waals surface area contributed by atoms with Crippen molar-refractivity contribution >= 4 is 46.9 Å². The Morgan fingerprint density at radius 2 is 1.61 bits per heavy atom. The summed E-state index contributed by atoms with van der Waals surface area (Å²) in [5, 5.41) is 9.36. The van der Waals surface area contributed by atoms with Gasteiger partial charge in [0.15, 0.2) is 6.61 Å². The van der Waals surface area contributed by atoms with Crippen molar-refractivity contribution in [1.82, 2.24) is 5.43 Å². The number of para-hydroxylation sites is 2. The number of carbonyl (C=O) groups excluding carboxylic acids is 3. The van der Waals surface area contributed by atoms with Gasteiger partial charge in [-0.05, 0) is 43.3 Å². The van der Waals surface area contributed by atoms with Crippen LogP contribution >= 0.6 is 11.6 Å². The minimum Gasteiger partial charge on any atom is -0.483 e. The zero-order chi connectivity index (χ0) is 23.6. The summed E-state index contributed by atoms with van der Waals surface area (Å²) >= 11 is 6.03. The van der Waals surface area contributed by atoms with Gasteiger partial charge in [-0.1, -0.05) is 53.6 Å². The normalized spacial score (nSPS) is 10.5. The highest BCUT2D eigenvalue weighted by molar-refractivity contribution is 6.39. The summed E-state index contributed by atoms with van der Waals surface area (Å²) in [6, 6.07) is 20.7. The van der Waals surface area contributed by atoms with Crippen LogP contribution in [0, 0.1) is 6.92 Å². The first-order valence-electron chi connectivity index (χ1n) is 9.89. The number of halogens is 1. The molecule has 0 aliphatic heterocycles. The van der Waals surface area contributed by atoms with Gasteiger partial charge in [0.25, 0.3) is 5.91 Å². The summed E-state index contributed by atoms with van der Waals surface area (Å²) in [5.74, 6) is -1.80. The number of amides is 3. The Kier molecular flexibility index (Phi) is 8.15. The summed E-state index contributed by atoms with van der Waals surface area (Å²) in [7, 11) is 0. The highest BCUT2D eigenvalue weighted by atomic mass is 35.5. The van der Waals surface area contributed by atoms with E-state index in [9.17, 15) is 14.4 Å². The summed E-state index contributed by atoms with van der Waals surface area (Å²) in [6.07, 6.45) is 1.32. The Morgan fingerprint density at radius 1 is 0.909 bits per heavy atom. The van der Waals surface area contributed by atoms with Crippen molar-refractivity contribution in [3.05, 3.63) is 88.9 Å². The van der Waals surface area contributed by atoms with Crippen LogP contribution in [0.1, 0.15) is 11.1 Å². The molecule has 3 N–H and O–H groups in total. The van der Waals surface area contributed by atoms with E-state index in [-0.39, 0.29) is 6.61 Å². The molecule has 3 aromatic rings. The molecule has 3 amide bonds. The highest BCUT2D eigenvalue weighted by Gasteiger charge is 2.13. The maximum absolute atomic E-state index is 12.2. The minimum absolute atomic E-state index is 0.263. The molecule has 3 rings (SSSR count). The number of hydrogen-bond acceptors (Lipinski definition) is 5. The lowest BCUT2D eigenvalue weighted by atomic mass is 10.2. The van der Waals surface area contributed by atoms with Crippen molar-refractivity contribution in [3.63, 3.8) is 0 Å². The fraction of sp³-hybridized carbons (Fsp3) is 0.0833. The number of carbonyl (C=O) groups is 3. The molecule has 9 heteroatoms. The first-order valence-corrected chi connectivity index (χ1v) is 10.3. The molecule has 33 heavy (non-hydrogen) atoms. The maximum atomic E-state index is 12.2. The molecule has 0 unspecified atom stereocenters. The lowest BCUT2D eigenvalue weighted by Gasteiger charge is -2.10. The molecule has 0 heterocycles. The van der Waals surface area contributed by atoms with Crippen LogP contribution in [0.15, 0.2) is 77.9 Å². The monoisotopic (exact) mass is 464 g/mol. The number of ether oxygens (including phenoxy) is 1. The Labute approximate surface area is 195 Å². The smallest absolute Gasteiger partial charge is 0.329 e. The predicted molar refractivity (Wildman–Crippen MR) is 128 cm³/mol. The third-order valence-electron chi connectivity index (χ3n) is 4.31. The SMILES string of the molecule is Cc1ccc(NC(=O)C(=O)N/N=C\c2ccccc2OCC(=O)Nc2ccccc2Cl)cc1. The number of anilines is 2. The van der Waals surface area contributed by atoms with Gasteiger partial charge in [-0.25, -0.2) is 5.43 Å². The molecule has 0 aliphatic rings. The average molecular weight is 465 g/mol. The zero-order valence-corrected chi connectivity index (χ0v) is 18.4. The lowest BCUT2D eigenvalue weighted by Crippen LogP contribution is -2.32. The number of rotatable bonds is 7. The molecule has 0 saturated heterocycles. The van der Waals surface area contributed by atoms with E-state index in [1.54, 1.807) is 60.7 Å². The summed E-state index contributed by atoms with van der Waals surface area (Å²) in [5.41, 5.74) is 4.68. The fourth-order valence-corrected chi connectivity index (χ4v) is 2.83. The van der Waals surface area contributed by atoms with Crippen molar-refractivity contribution < 1.29 is 19.1 Å². The quantitative estimate of drug-likeness (QED) is 0.281. The van der Waals surface area contributed by atoms with E-state index in [0.29, 0.717) is 27.7 Å². The minimum atomic E-state index is -0.927. The molecule has 168 valence electrons. The van der Waals surface area contributed by atoms with E-state index in [0.717, 1.165) is 5.56 Å². The summed E-state index contributed by atoms with van der Waals surface area (Å²) in [4.78, 5) is 36.1. The third kappa shape index (κ3) is 7.19. The number of benzene rings is 3. The molecule has 0 radical (unpaired) electrons. The molecule has 0 aliphatic carbocycles. The van der Waals surface area contributed by atoms with Gasteiger partial charge in [0, 0.05) is 11.3 Å². The summed E-state index contributed by atoms with van der Waals surface area (Å²) in [6.45, 7) is 1.65. The van der Waals surface area contributed by atoms with Crippen molar-refractivity contribution in [3.8, 4) is 5.75 Å². The largest absolute Gasteiger partial charge is 0.483 e. The van der Waals surface area contributed by atoms with Gasteiger partial charge >= 0.3 is 11.8 Å². The van der Waals surface area contributed by atoms with Crippen molar-refractivity contribution in [2.45, 2.75) is 6.92 Å². The van der Waals surface area contributed by atoms with Crippen LogP contribution in [0.3, 0.4) is 0 Å². The molecule has 3 aromatic carbocycles. The molecule has 0 aromatic heterocycles. The highest BCUT2D eigenvalue weighted by Crippen LogP contribution is 2.20. The van der Waals surface area contributed by atoms with Crippen LogP contribution in [-0.2, 0) is 14.4 Å². The maximum Gasteiger partial charge on any atom is 0.329 e. The Morgan fingerprint density at radius 3 is 2.36 bits per heavy atom. The van der Waals surface area contributed by atoms with E-state index in [4.69, 9.17) is 16.3 Å². The topological polar surface area (TPSA) is 109 Å². The molecular formula is C24H21ClN4O4. The van der Waals surface area contributed by atoms with Gasteiger partial charge in [0.1, 0.15) is 5.75 Å². The first-order chi connectivity index (χ1) is 15.9. The molecule has 0 spiro atoms. The van der Waals surface area contributed by atoms with E-state index in [1.165, 1.54) is 6.21 Å². The standard InChI is InChI=1S/C24H21ClN4O4/c1-16-10-12-18(13-11-16)27-23(31)24(32)29-26-14-17-6-2-5-9-21(17)33-15-22(30)28-20-8-4-3-7-19(20)25/h2-14H,15H2,1H3,(H,27,31)(H,28,30)(H,29,32)/b26-14-. The van der Waals surface area contributed by atoms with Crippen LogP contribution in [0.4, 0.5) is 11.4 Å². The average Bonchev–Trinajstić information content (AvgIpc) is 2.81. The van der Waals surface area contributed by atoms with E-state index >= 15 is 0 Å². The van der Waals surface area contributed by atoms with Gasteiger partial charge < -0.3 is 15.4 Å². The van der Waals surface area contributed by atoms with Gasteiger partial charge in [-0.15, -0.1) is 0 Å². The van der Waals surface area contributed by atoms with Crippen LogP contribution in [0.5, 0.6) is 5.75 Å². The number of nitrogens with one attached hydrogen (secondary N) is 3. The van der Waals surface area contributed by atoms with Crippen LogP contribution in [0.2, 0.25) is 5.02 Å². The van der Waals surface area contributed by atoms with E-state index in [1.807, 2.05) is 19.1 Å². The lowest BCUT2D eigenvalue weighted by molar-refractivity contribution is -0.136. The van der Waals surface area contributed by atoms with E-state index in [2.05, 4.69) is 21.2 Å². The summed E-state index contributed by atoms with van der Waals surface area (Å²) < 4.78 is 5.57. The van der Waals surface area contributed by atoms with Crippen molar-refractivity contribution in [2.24, 2.45) is 5.10 Å². The molecule has 0 bridgehead atoms. The van der Waals surface area contributed by atoms with Crippen LogP contribution in [-0.4, -0.2) is 30.5 Å². The number of nitrogens with zero attached hydrogens (tertiary/aromatic N) is 1. The number of aryl methyl sites for hydroxylation is 1. The number of hydrazone groups is 1. The van der Waals surface area contributed by atoms with Crippen LogP contribution < -0.4 is 20.8 Å². The number of hydrogen-bond donors (Lipinski definition) is 3. The van der Waals surface area contributed by atoms with Crippen molar-refractivity contribution in [2.75, 3.05) is 17.2 Å². The Balaban J connectivity index is 1.53. The van der Waals surface area contributed by atoms with Gasteiger partial charge in [0.2, 0.25) is 0 Å². The molecule has 8 nitrogen and oxygen atoms in total. The van der Waals surface area contributed by atoms with Gasteiger partial charge in [-0.3, -0.25) is 14.4 Å². The molecule has 0 saturated carbocycles. The van der Waals surface area contributed by atoms with E-state index < -0.39 is 17.7 Å². The first kappa shape index (κ1) is 23.5. The molecule has 0 fully saturated rings. The predicted octanol–water partition coefficient (Wildman–Crippen LogP) is 3.75. The Hall–Kier alpha value is -4.17. The van der Waals surface area contributed by atoms with Crippen molar-refractivity contribution in [1.29, 1.82) is 0 Å². The second kappa shape index (κ2) is 11.4. The van der Waals surface area contributed by atoms with Gasteiger partial charge in [-0.2, -0.15) is 5.10 Å². The second-order valence-electron chi connectivity index (χ2n) is 6.87. The zero-order valence-electron chi connectivity index (χ0n) is 17.7. The molecular weight excluding hydrogens is 444 g/mol. The second-order valence-corrected chi connectivity index (χ2v) is 7.28. The molecule has 0 atom stereocenters. The Bertz CT molecular complexity index is 1180. The third-order valence-corrected chi connectivity index (χ3v) is 4.64.